The summed E-state index contributed by atoms with van der Waals surface area (Å²) >= 11 is 0. The number of hydrogen-bond acceptors (Lipinski definition) is 4. The Labute approximate surface area is 101 Å². The summed E-state index contributed by atoms with van der Waals surface area (Å²) in [5, 5.41) is 7.50. The fourth-order valence-electron chi connectivity index (χ4n) is 1.63. The molecule has 0 aliphatic carbocycles. The van der Waals surface area contributed by atoms with Crippen LogP contribution >= 0.6 is 0 Å². The standard InChI is InChI=1S/C12H18N4O/c1-10(2)8-16-12(14-9-15-16)7-13-6-11-4-3-5-17-11/h3-5,9-10,13H,6-8H2,1-2H3. The first-order valence-electron chi connectivity index (χ1n) is 5.85. The molecule has 0 aromatic carbocycles. The first-order chi connectivity index (χ1) is 8.25. The number of hydrogen-bond donors (Lipinski definition) is 1. The van der Waals surface area contributed by atoms with Gasteiger partial charge in [-0.25, -0.2) is 9.67 Å². The molecule has 0 spiro atoms. The highest BCUT2D eigenvalue weighted by Crippen LogP contribution is 2.02. The second-order valence-corrected chi connectivity index (χ2v) is 4.44. The summed E-state index contributed by atoms with van der Waals surface area (Å²) in [7, 11) is 0. The molecule has 0 saturated carbocycles. The molecule has 2 heterocycles. The van der Waals surface area contributed by atoms with E-state index in [9.17, 15) is 0 Å². The Kier molecular flexibility index (Phi) is 3.93. The molecule has 0 fully saturated rings. The van der Waals surface area contributed by atoms with Crippen molar-refractivity contribution in [1.29, 1.82) is 0 Å². The topological polar surface area (TPSA) is 55.9 Å². The van der Waals surface area contributed by atoms with E-state index in [0.29, 0.717) is 19.0 Å². The fraction of sp³-hybridized carbons (Fsp3) is 0.500. The van der Waals surface area contributed by atoms with E-state index in [4.69, 9.17) is 4.42 Å². The van der Waals surface area contributed by atoms with Crippen molar-refractivity contribution < 1.29 is 4.42 Å². The van der Waals surface area contributed by atoms with E-state index >= 15 is 0 Å². The van der Waals surface area contributed by atoms with Crippen LogP contribution in [0.2, 0.25) is 0 Å². The monoisotopic (exact) mass is 234 g/mol. The maximum absolute atomic E-state index is 5.24. The lowest BCUT2D eigenvalue weighted by Crippen LogP contribution is -2.18. The Hall–Kier alpha value is -1.62. The van der Waals surface area contributed by atoms with E-state index < -0.39 is 0 Å². The molecule has 0 bridgehead atoms. The van der Waals surface area contributed by atoms with Crippen LogP contribution in [-0.4, -0.2) is 14.8 Å². The van der Waals surface area contributed by atoms with Crippen LogP contribution in [0.15, 0.2) is 29.1 Å². The number of nitrogens with zero attached hydrogens (tertiary/aromatic N) is 3. The van der Waals surface area contributed by atoms with Crippen LogP contribution in [-0.2, 0) is 19.6 Å². The Morgan fingerprint density at radius 2 is 2.29 bits per heavy atom. The van der Waals surface area contributed by atoms with E-state index in [1.165, 1.54) is 0 Å². The van der Waals surface area contributed by atoms with Crippen LogP contribution in [0.5, 0.6) is 0 Å². The molecular weight excluding hydrogens is 216 g/mol. The van der Waals surface area contributed by atoms with Gasteiger partial charge < -0.3 is 9.73 Å². The first-order valence-corrected chi connectivity index (χ1v) is 5.85. The van der Waals surface area contributed by atoms with Crippen LogP contribution in [0.4, 0.5) is 0 Å². The molecule has 0 atom stereocenters. The Bertz CT molecular complexity index is 433. The predicted molar refractivity (Wildman–Crippen MR) is 64.1 cm³/mol. The van der Waals surface area contributed by atoms with Crippen molar-refractivity contribution in [2.45, 2.75) is 33.5 Å². The Morgan fingerprint density at radius 3 is 3.00 bits per heavy atom. The van der Waals surface area contributed by atoms with E-state index in [0.717, 1.165) is 18.1 Å². The lowest BCUT2D eigenvalue weighted by atomic mass is 10.2. The third kappa shape index (κ3) is 3.42. The second-order valence-electron chi connectivity index (χ2n) is 4.44. The van der Waals surface area contributed by atoms with Crippen LogP contribution < -0.4 is 5.32 Å². The molecular formula is C12H18N4O. The van der Waals surface area contributed by atoms with E-state index in [1.807, 2.05) is 16.8 Å². The lowest BCUT2D eigenvalue weighted by Gasteiger charge is -2.08. The largest absolute Gasteiger partial charge is 0.468 e. The summed E-state index contributed by atoms with van der Waals surface area (Å²) in [5.74, 6) is 2.46. The van der Waals surface area contributed by atoms with Gasteiger partial charge in [0.2, 0.25) is 0 Å². The van der Waals surface area contributed by atoms with Crippen LogP contribution in [0.25, 0.3) is 0 Å². The van der Waals surface area contributed by atoms with Crippen LogP contribution in [0.3, 0.4) is 0 Å². The molecule has 5 nitrogen and oxygen atoms in total. The van der Waals surface area contributed by atoms with E-state index in [2.05, 4.69) is 29.2 Å². The van der Waals surface area contributed by atoms with Gasteiger partial charge in [-0.05, 0) is 18.1 Å². The zero-order chi connectivity index (χ0) is 12.1. The predicted octanol–water partition coefficient (Wildman–Crippen LogP) is 1.82. The molecule has 0 radical (unpaired) electrons. The number of nitrogens with one attached hydrogen (secondary N) is 1. The van der Waals surface area contributed by atoms with Gasteiger partial charge >= 0.3 is 0 Å². The average molecular weight is 234 g/mol. The number of aromatic nitrogens is 3. The summed E-state index contributed by atoms with van der Waals surface area (Å²) in [6.45, 7) is 6.65. The Morgan fingerprint density at radius 1 is 1.41 bits per heavy atom. The van der Waals surface area contributed by atoms with Gasteiger partial charge in [0.05, 0.1) is 19.4 Å². The molecule has 1 N–H and O–H groups in total. The molecule has 5 heteroatoms. The van der Waals surface area contributed by atoms with Crippen molar-refractivity contribution in [2.75, 3.05) is 0 Å². The summed E-state index contributed by atoms with van der Waals surface area (Å²) in [4.78, 5) is 4.25. The van der Waals surface area contributed by atoms with Gasteiger partial charge in [0.15, 0.2) is 0 Å². The summed E-state index contributed by atoms with van der Waals surface area (Å²) < 4.78 is 7.19. The van der Waals surface area contributed by atoms with Crippen molar-refractivity contribution in [1.82, 2.24) is 20.1 Å². The minimum absolute atomic E-state index is 0.570. The van der Waals surface area contributed by atoms with Gasteiger partial charge in [-0.2, -0.15) is 5.10 Å². The molecule has 17 heavy (non-hydrogen) atoms. The van der Waals surface area contributed by atoms with Gasteiger partial charge in [-0.1, -0.05) is 13.8 Å². The van der Waals surface area contributed by atoms with Crippen LogP contribution in [0, 0.1) is 5.92 Å². The summed E-state index contributed by atoms with van der Waals surface area (Å²) in [6.07, 6.45) is 3.28. The van der Waals surface area contributed by atoms with Gasteiger partial charge in [0, 0.05) is 6.54 Å². The molecule has 0 amide bonds. The normalized spacial score (nSPS) is 11.2. The smallest absolute Gasteiger partial charge is 0.140 e. The molecule has 2 aromatic rings. The maximum atomic E-state index is 5.24. The molecule has 0 aliphatic rings. The van der Waals surface area contributed by atoms with Gasteiger partial charge in [-0.15, -0.1) is 0 Å². The third-order valence-electron chi connectivity index (χ3n) is 2.40. The van der Waals surface area contributed by atoms with Crippen LogP contribution in [0.1, 0.15) is 25.4 Å². The van der Waals surface area contributed by atoms with Crippen molar-refractivity contribution in [3.63, 3.8) is 0 Å². The molecule has 0 aliphatic heterocycles. The van der Waals surface area contributed by atoms with Crippen molar-refractivity contribution in [3.05, 3.63) is 36.3 Å². The maximum Gasteiger partial charge on any atom is 0.140 e. The minimum atomic E-state index is 0.570. The van der Waals surface area contributed by atoms with E-state index in [-0.39, 0.29) is 0 Å². The van der Waals surface area contributed by atoms with Crippen molar-refractivity contribution >= 4 is 0 Å². The average Bonchev–Trinajstić information content (AvgIpc) is 2.90. The SMILES string of the molecule is CC(C)Cn1ncnc1CNCc1ccco1. The summed E-state index contributed by atoms with van der Waals surface area (Å²) in [5.41, 5.74) is 0. The Balaban J connectivity index is 1.84. The zero-order valence-corrected chi connectivity index (χ0v) is 10.3. The molecule has 92 valence electrons. The lowest BCUT2D eigenvalue weighted by molar-refractivity contribution is 0.445. The van der Waals surface area contributed by atoms with Crippen molar-refractivity contribution in [2.24, 2.45) is 5.92 Å². The quantitative estimate of drug-likeness (QED) is 0.828. The second kappa shape index (κ2) is 5.63. The fourth-order valence-corrected chi connectivity index (χ4v) is 1.63. The van der Waals surface area contributed by atoms with Gasteiger partial charge in [0.1, 0.15) is 17.9 Å². The highest BCUT2D eigenvalue weighted by Gasteiger charge is 2.05. The molecule has 0 saturated heterocycles. The molecule has 2 aromatic heterocycles. The van der Waals surface area contributed by atoms with Crippen molar-refractivity contribution in [3.8, 4) is 0 Å². The highest BCUT2D eigenvalue weighted by atomic mass is 16.3. The third-order valence-corrected chi connectivity index (χ3v) is 2.40. The number of furan rings is 1. The summed E-state index contributed by atoms with van der Waals surface area (Å²) in [6, 6.07) is 3.84. The molecule has 2 rings (SSSR count). The molecule has 0 unspecified atom stereocenters. The number of rotatable bonds is 6. The van der Waals surface area contributed by atoms with Gasteiger partial charge in [-0.3, -0.25) is 0 Å². The minimum Gasteiger partial charge on any atom is -0.468 e. The highest BCUT2D eigenvalue weighted by molar-refractivity contribution is 4.97. The zero-order valence-electron chi connectivity index (χ0n) is 10.3. The van der Waals surface area contributed by atoms with Gasteiger partial charge in [0.25, 0.3) is 0 Å². The first kappa shape index (κ1) is 11.9. The van der Waals surface area contributed by atoms with E-state index in [1.54, 1.807) is 12.6 Å².